The van der Waals surface area contributed by atoms with E-state index in [9.17, 15) is 0 Å². The van der Waals surface area contributed by atoms with Crippen molar-refractivity contribution >= 4 is 27.8 Å². The SMILES string of the molecule is CCCc1cnc(NCc2cccs2)s1. The van der Waals surface area contributed by atoms with Gasteiger partial charge in [-0.05, 0) is 17.9 Å². The molecule has 0 saturated carbocycles. The number of nitrogens with one attached hydrogen (secondary N) is 1. The quantitative estimate of drug-likeness (QED) is 0.857. The van der Waals surface area contributed by atoms with Gasteiger partial charge in [-0.25, -0.2) is 4.98 Å². The molecule has 0 aromatic carbocycles. The van der Waals surface area contributed by atoms with E-state index in [1.54, 1.807) is 22.7 Å². The molecular weight excluding hydrogens is 224 g/mol. The molecule has 0 aliphatic heterocycles. The second-order valence-electron chi connectivity index (χ2n) is 3.31. The number of aryl methyl sites for hydroxylation is 1. The van der Waals surface area contributed by atoms with Crippen LogP contribution in [0.3, 0.4) is 0 Å². The Morgan fingerprint density at radius 2 is 2.33 bits per heavy atom. The molecular formula is C11H14N2S2. The Morgan fingerprint density at radius 1 is 1.40 bits per heavy atom. The maximum Gasteiger partial charge on any atom is 0.183 e. The van der Waals surface area contributed by atoms with E-state index in [4.69, 9.17) is 0 Å². The van der Waals surface area contributed by atoms with Crippen LogP contribution in [0, 0.1) is 0 Å². The number of rotatable bonds is 5. The third kappa shape index (κ3) is 3.04. The van der Waals surface area contributed by atoms with Gasteiger partial charge in [-0.1, -0.05) is 19.4 Å². The van der Waals surface area contributed by atoms with E-state index in [0.717, 1.165) is 18.1 Å². The number of aromatic nitrogens is 1. The number of thiazole rings is 1. The Hall–Kier alpha value is -0.870. The molecule has 80 valence electrons. The van der Waals surface area contributed by atoms with E-state index in [0.29, 0.717) is 0 Å². The Labute approximate surface area is 98.0 Å². The van der Waals surface area contributed by atoms with Crippen LogP contribution in [0.5, 0.6) is 0 Å². The predicted octanol–water partition coefficient (Wildman–Crippen LogP) is 3.77. The van der Waals surface area contributed by atoms with Gasteiger partial charge < -0.3 is 5.32 Å². The molecule has 0 aliphatic rings. The third-order valence-electron chi connectivity index (χ3n) is 2.04. The van der Waals surface area contributed by atoms with Crippen LogP contribution in [0.1, 0.15) is 23.1 Å². The summed E-state index contributed by atoms with van der Waals surface area (Å²) in [4.78, 5) is 7.06. The molecule has 0 radical (unpaired) electrons. The van der Waals surface area contributed by atoms with Crippen molar-refractivity contribution in [3.05, 3.63) is 33.5 Å². The molecule has 4 heteroatoms. The first-order valence-electron chi connectivity index (χ1n) is 5.09. The smallest absolute Gasteiger partial charge is 0.183 e. The molecule has 0 aliphatic carbocycles. The summed E-state index contributed by atoms with van der Waals surface area (Å²) in [6, 6.07) is 4.21. The Morgan fingerprint density at radius 3 is 3.07 bits per heavy atom. The molecule has 0 atom stereocenters. The minimum Gasteiger partial charge on any atom is -0.357 e. The summed E-state index contributed by atoms with van der Waals surface area (Å²) in [5.41, 5.74) is 0. The summed E-state index contributed by atoms with van der Waals surface area (Å²) < 4.78 is 0. The van der Waals surface area contributed by atoms with Gasteiger partial charge in [-0.2, -0.15) is 0 Å². The van der Waals surface area contributed by atoms with Crippen molar-refractivity contribution in [3.8, 4) is 0 Å². The van der Waals surface area contributed by atoms with Gasteiger partial charge in [0.25, 0.3) is 0 Å². The molecule has 2 aromatic heterocycles. The Bertz CT molecular complexity index is 392. The van der Waals surface area contributed by atoms with Gasteiger partial charge in [-0.3, -0.25) is 0 Å². The molecule has 15 heavy (non-hydrogen) atoms. The zero-order valence-corrected chi connectivity index (χ0v) is 10.3. The fraction of sp³-hybridized carbons (Fsp3) is 0.364. The largest absolute Gasteiger partial charge is 0.357 e. The molecule has 2 nitrogen and oxygen atoms in total. The number of hydrogen-bond acceptors (Lipinski definition) is 4. The van der Waals surface area contributed by atoms with E-state index >= 15 is 0 Å². The van der Waals surface area contributed by atoms with E-state index < -0.39 is 0 Å². The van der Waals surface area contributed by atoms with Crippen molar-refractivity contribution < 1.29 is 0 Å². The van der Waals surface area contributed by atoms with Crippen LogP contribution in [0.25, 0.3) is 0 Å². The predicted molar refractivity (Wildman–Crippen MR) is 67.8 cm³/mol. The van der Waals surface area contributed by atoms with Crippen LogP contribution >= 0.6 is 22.7 Å². The first-order chi connectivity index (χ1) is 7.38. The maximum absolute atomic E-state index is 4.35. The molecule has 0 saturated heterocycles. The van der Waals surface area contributed by atoms with Crippen molar-refractivity contribution in [3.63, 3.8) is 0 Å². The highest BCUT2D eigenvalue weighted by Crippen LogP contribution is 2.20. The number of thiophene rings is 1. The minimum atomic E-state index is 0.886. The zero-order chi connectivity index (χ0) is 10.5. The highest BCUT2D eigenvalue weighted by atomic mass is 32.1. The standard InChI is InChI=1S/C11H14N2S2/c1-2-4-10-8-13-11(15-10)12-7-9-5-3-6-14-9/h3,5-6,8H,2,4,7H2,1H3,(H,12,13). The number of hydrogen-bond donors (Lipinski definition) is 1. The Balaban J connectivity index is 1.88. The lowest BCUT2D eigenvalue weighted by atomic mass is 10.3. The van der Waals surface area contributed by atoms with Gasteiger partial charge in [0.15, 0.2) is 5.13 Å². The zero-order valence-electron chi connectivity index (χ0n) is 8.69. The summed E-state index contributed by atoms with van der Waals surface area (Å²) >= 11 is 3.54. The van der Waals surface area contributed by atoms with E-state index in [1.165, 1.54) is 16.2 Å². The van der Waals surface area contributed by atoms with Gasteiger partial charge >= 0.3 is 0 Å². The lowest BCUT2D eigenvalue weighted by molar-refractivity contribution is 0.936. The maximum atomic E-state index is 4.35. The molecule has 0 bridgehead atoms. The van der Waals surface area contributed by atoms with Crippen molar-refractivity contribution in [2.24, 2.45) is 0 Å². The van der Waals surface area contributed by atoms with E-state index in [1.807, 2.05) is 6.20 Å². The van der Waals surface area contributed by atoms with Gasteiger partial charge in [0, 0.05) is 16.0 Å². The molecule has 2 aromatic rings. The normalized spacial score (nSPS) is 10.5. The first kappa shape index (κ1) is 10.6. The summed E-state index contributed by atoms with van der Waals surface area (Å²) in [6.07, 6.45) is 4.30. The van der Waals surface area contributed by atoms with Gasteiger partial charge in [0.05, 0.1) is 6.54 Å². The second-order valence-corrected chi connectivity index (χ2v) is 5.46. The van der Waals surface area contributed by atoms with Crippen LogP contribution in [0.4, 0.5) is 5.13 Å². The summed E-state index contributed by atoms with van der Waals surface area (Å²) in [5.74, 6) is 0. The van der Waals surface area contributed by atoms with Crippen molar-refractivity contribution in [2.75, 3.05) is 5.32 Å². The Kier molecular flexibility index (Phi) is 3.75. The average Bonchev–Trinajstić information content (AvgIpc) is 2.85. The van der Waals surface area contributed by atoms with Crippen LogP contribution < -0.4 is 5.32 Å². The van der Waals surface area contributed by atoms with E-state index in [-0.39, 0.29) is 0 Å². The molecule has 2 heterocycles. The van der Waals surface area contributed by atoms with Crippen molar-refractivity contribution in [1.82, 2.24) is 4.98 Å². The second kappa shape index (κ2) is 5.28. The fourth-order valence-electron chi connectivity index (χ4n) is 1.33. The number of anilines is 1. The topological polar surface area (TPSA) is 24.9 Å². The molecule has 1 N–H and O–H groups in total. The summed E-state index contributed by atoms with van der Waals surface area (Å²) in [5, 5.41) is 6.48. The van der Waals surface area contributed by atoms with Crippen LogP contribution in [0.15, 0.2) is 23.7 Å². The van der Waals surface area contributed by atoms with Crippen molar-refractivity contribution in [1.29, 1.82) is 0 Å². The molecule has 0 spiro atoms. The lowest BCUT2D eigenvalue weighted by Gasteiger charge is -1.98. The minimum absolute atomic E-state index is 0.886. The summed E-state index contributed by atoms with van der Waals surface area (Å²) in [6.45, 7) is 3.08. The summed E-state index contributed by atoms with van der Waals surface area (Å²) in [7, 11) is 0. The third-order valence-corrected chi connectivity index (χ3v) is 3.94. The van der Waals surface area contributed by atoms with Gasteiger partial charge in [-0.15, -0.1) is 22.7 Å². The molecule has 0 unspecified atom stereocenters. The highest BCUT2D eigenvalue weighted by Gasteiger charge is 2.00. The van der Waals surface area contributed by atoms with Gasteiger partial charge in [0.1, 0.15) is 0 Å². The fourth-order valence-corrected chi connectivity index (χ4v) is 2.88. The molecule has 2 rings (SSSR count). The van der Waals surface area contributed by atoms with Crippen LogP contribution in [0.2, 0.25) is 0 Å². The highest BCUT2D eigenvalue weighted by molar-refractivity contribution is 7.15. The van der Waals surface area contributed by atoms with E-state index in [2.05, 4.69) is 34.7 Å². The molecule has 0 amide bonds. The monoisotopic (exact) mass is 238 g/mol. The van der Waals surface area contributed by atoms with Crippen molar-refractivity contribution in [2.45, 2.75) is 26.3 Å². The molecule has 0 fully saturated rings. The van der Waals surface area contributed by atoms with Crippen LogP contribution in [-0.4, -0.2) is 4.98 Å². The number of nitrogens with zero attached hydrogens (tertiary/aromatic N) is 1. The average molecular weight is 238 g/mol. The lowest BCUT2D eigenvalue weighted by Crippen LogP contribution is -1.95. The first-order valence-corrected chi connectivity index (χ1v) is 6.79. The van der Waals surface area contributed by atoms with Gasteiger partial charge in [0.2, 0.25) is 0 Å². The van der Waals surface area contributed by atoms with Crippen LogP contribution in [-0.2, 0) is 13.0 Å².